The van der Waals surface area contributed by atoms with Crippen molar-refractivity contribution < 1.29 is 9.32 Å². The summed E-state index contributed by atoms with van der Waals surface area (Å²) in [5.74, 6) is 1.11. The van der Waals surface area contributed by atoms with Crippen LogP contribution in [0.3, 0.4) is 0 Å². The molecule has 1 aliphatic carbocycles. The largest absolute Gasteiger partial charge is 0.351 e. The number of aromatic nitrogens is 1. The Bertz CT molecular complexity index is 878. The number of anilines is 1. The average molecular weight is 394 g/mol. The third kappa shape index (κ3) is 3.20. The van der Waals surface area contributed by atoms with Crippen LogP contribution >= 0.6 is 0 Å². The molecule has 29 heavy (non-hydrogen) atoms. The highest BCUT2D eigenvalue weighted by atomic mass is 16.5. The first-order chi connectivity index (χ1) is 14.1. The number of fused-ring (bicyclic) bond motifs is 2. The molecular formula is C24H31N3O2. The minimum Gasteiger partial charge on any atom is -0.351 e. The number of hydrogen-bond acceptors (Lipinski definition) is 4. The predicted octanol–water partition coefficient (Wildman–Crippen LogP) is 4.56. The average Bonchev–Trinajstić information content (AvgIpc) is 3.49. The van der Waals surface area contributed by atoms with Gasteiger partial charge in [0.05, 0.1) is 6.20 Å². The number of carbonyl (C=O) groups excluding carboxylic acids is 1. The lowest BCUT2D eigenvalue weighted by molar-refractivity contribution is 0.0886. The van der Waals surface area contributed by atoms with Crippen molar-refractivity contribution in [3.63, 3.8) is 0 Å². The van der Waals surface area contributed by atoms with Crippen molar-refractivity contribution in [3.8, 4) is 0 Å². The number of amides is 1. The second-order valence-corrected chi connectivity index (χ2v) is 9.39. The molecule has 154 valence electrons. The summed E-state index contributed by atoms with van der Waals surface area (Å²) >= 11 is 0. The van der Waals surface area contributed by atoms with Gasteiger partial charge in [-0.3, -0.25) is 4.79 Å². The van der Waals surface area contributed by atoms with Crippen LogP contribution in [0.15, 0.2) is 35.0 Å². The molecule has 5 heteroatoms. The third-order valence-electron chi connectivity index (χ3n) is 7.78. The lowest BCUT2D eigenvalue weighted by Gasteiger charge is -2.43. The maximum atomic E-state index is 13.1. The van der Waals surface area contributed by atoms with Crippen LogP contribution in [0.1, 0.15) is 67.1 Å². The number of hydrogen-bond donors (Lipinski definition) is 0. The van der Waals surface area contributed by atoms with Gasteiger partial charge in [0.15, 0.2) is 0 Å². The van der Waals surface area contributed by atoms with Crippen molar-refractivity contribution in [1.29, 1.82) is 0 Å². The minimum atomic E-state index is -0.0776. The number of likely N-dealkylation sites (tertiary alicyclic amines) is 1. The summed E-state index contributed by atoms with van der Waals surface area (Å²) in [6.45, 7) is 7.56. The molecule has 1 saturated carbocycles. The molecule has 3 heterocycles. The van der Waals surface area contributed by atoms with Crippen molar-refractivity contribution in [2.45, 2.75) is 63.8 Å². The molecule has 1 aromatic carbocycles. The first-order valence-electron chi connectivity index (χ1n) is 11.2. The molecule has 1 atom stereocenters. The summed E-state index contributed by atoms with van der Waals surface area (Å²) in [4.78, 5) is 17.7. The molecule has 2 aliphatic heterocycles. The summed E-state index contributed by atoms with van der Waals surface area (Å²) in [5, 5.41) is 3.73. The highest BCUT2D eigenvalue weighted by molar-refractivity contribution is 6.06. The van der Waals surface area contributed by atoms with E-state index in [1.807, 2.05) is 4.90 Å². The first-order valence-corrected chi connectivity index (χ1v) is 11.2. The lowest BCUT2D eigenvalue weighted by Crippen LogP contribution is -2.49. The zero-order chi connectivity index (χ0) is 20.0. The standard InChI is InChI=1S/C24H31N3O2/c1-17-7-8-21-20(15-17)24(16-27(21)23(28)22-9-12-25-29-22)10-13-26(14-11-24)18(2)19-5-3-4-6-19/h7-9,12,15,18-19H,3-6,10-11,13-14,16H2,1-2H3. The van der Waals surface area contributed by atoms with E-state index < -0.39 is 0 Å². The van der Waals surface area contributed by atoms with Crippen molar-refractivity contribution >= 4 is 11.6 Å². The molecule has 0 bridgehead atoms. The molecule has 3 aliphatic rings. The number of carbonyl (C=O) groups is 1. The van der Waals surface area contributed by atoms with E-state index in [0.29, 0.717) is 11.8 Å². The first kappa shape index (κ1) is 18.9. The van der Waals surface area contributed by atoms with E-state index >= 15 is 0 Å². The van der Waals surface area contributed by atoms with E-state index in [4.69, 9.17) is 4.52 Å². The molecule has 5 nitrogen and oxygen atoms in total. The third-order valence-corrected chi connectivity index (χ3v) is 7.78. The van der Waals surface area contributed by atoms with Gasteiger partial charge in [0.25, 0.3) is 5.91 Å². The van der Waals surface area contributed by atoms with Crippen LogP contribution in [0.4, 0.5) is 5.69 Å². The molecule has 2 fully saturated rings. The fourth-order valence-electron chi connectivity index (χ4n) is 5.95. The molecule has 0 N–H and O–H groups in total. The number of nitrogens with zero attached hydrogens (tertiary/aromatic N) is 3. The fourth-order valence-corrected chi connectivity index (χ4v) is 5.95. The minimum absolute atomic E-state index is 0.0585. The smallest absolute Gasteiger partial charge is 0.296 e. The Balaban J connectivity index is 1.39. The van der Waals surface area contributed by atoms with Crippen LogP contribution in [0.5, 0.6) is 0 Å². The van der Waals surface area contributed by atoms with Gasteiger partial charge in [-0.1, -0.05) is 35.7 Å². The Labute approximate surface area is 173 Å². The zero-order valence-corrected chi connectivity index (χ0v) is 17.6. The zero-order valence-electron chi connectivity index (χ0n) is 17.6. The quantitative estimate of drug-likeness (QED) is 0.767. The van der Waals surface area contributed by atoms with Gasteiger partial charge in [-0.15, -0.1) is 0 Å². The van der Waals surface area contributed by atoms with Crippen LogP contribution in [0, 0.1) is 12.8 Å². The van der Waals surface area contributed by atoms with E-state index in [1.54, 1.807) is 6.07 Å². The summed E-state index contributed by atoms with van der Waals surface area (Å²) < 4.78 is 5.18. The normalized spacial score (nSPS) is 22.9. The molecule has 1 aromatic heterocycles. The van der Waals surface area contributed by atoms with Gasteiger partial charge in [-0.05, 0) is 70.2 Å². The SMILES string of the molecule is Cc1ccc2c(c1)C1(CCN(C(C)C3CCCC3)CC1)CN2C(=O)c1ccno1. The summed E-state index contributed by atoms with van der Waals surface area (Å²) in [5.41, 5.74) is 3.72. The van der Waals surface area contributed by atoms with Gasteiger partial charge < -0.3 is 14.3 Å². The fraction of sp³-hybridized carbons (Fsp3) is 0.583. The van der Waals surface area contributed by atoms with E-state index in [9.17, 15) is 4.79 Å². The highest BCUT2D eigenvalue weighted by Gasteiger charge is 2.47. The topological polar surface area (TPSA) is 49.6 Å². The van der Waals surface area contributed by atoms with Crippen molar-refractivity contribution in [1.82, 2.24) is 10.1 Å². The van der Waals surface area contributed by atoms with E-state index in [0.717, 1.165) is 44.1 Å². The van der Waals surface area contributed by atoms with Crippen molar-refractivity contribution in [2.75, 3.05) is 24.5 Å². The van der Waals surface area contributed by atoms with Crippen LogP contribution in [0.2, 0.25) is 0 Å². The molecule has 0 radical (unpaired) electrons. The van der Waals surface area contributed by atoms with E-state index in [2.05, 4.69) is 42.1 Å². The van der Waals surface area contributed by atoms with E-state index in [-0.39, 0.29) is 11.3 Å². The monoisotopic (exact) mass is 393 g/mol. The van der Waals surface area contributed by atoms with Gasteiger partial charge in [-0.2, -0.15) is 0 Å². The molecule has 2 aromatic rings. The van der Waals surface area contributed by atoms with E-state index in [1.165, 1.54) is 43.0 Å². The lowest BCUT2D eigenvalue weighted by atomic mass is 9.73. The summed E-state index contributed by atoms with van der Waals surface area (Å²) in [6, 6.07) is 8.86. The number of aryl methyl sites for hydroxylation is 1. The number of rotatable bonds is 3. The Morgan fingerprint density at radius 3 is 2.66 bits per heavy atom. The Hall–Kier alpha value is -2.14. The van der Waals surface area contributed by atoms with Gasteiger partial charge in [0, 0.05) is 29.8 Å². The second-order valence-electron chi connectivity index (χ2n) is 9.39. The van der Waals surface area contributed by atoms with Crippen molar-refractivity contribution in [2.24, 2.45) is 5.92 Å². The van der Waals surface area contributed by atoms with Crippen molar-refractivity contribution in [3.05, 3.63) is 47.3 Å². The number of piperidine rings is 1. The summed E-state index contributed by atoms with van der Waals surface area (Å²) in [7, 11) is 0. The molecular weight excluding hydrogens is 362 g/mol. The summed E-state index contributed by atoms with van der Waals surface area (Å²) in [6.07, 6.45) is 9.35. The Morgan fingerprint density at radius 1 is 1.21 bits per heavy atom. The molecule has 1 saturated heterocycles. The molecule has 1 amide bonds. The molecule has 5 rings (SSSR count). The van der Waals surface area contributed by atoms with Crippen LogP contribution in [-0.4, -0.2) is 41.6 Å². The van der Waals surface area contributed by atoms with Crippen LogP contribution < -0.4 is 4.90 Å². The highest BCUT2D eigenvalue weighted by Crippen LogP contribution is 2.48. The van der Waals surface area contributed by atoms with Gasteiger partial charge in [0.2, 0.25) is 5.76 Å². The molecule has 1 unspecified atom stereocenters. The van der Waals surface area contributed by atoms with Gasteiger partial charge in [-0.25, -0.2) is 0 Å². The van der Waals surface area contributed by atoms with Gasteiger partial charge >= 0.3 is 0 Å². The Morgan fingerprint density at radius 2 is 1.97 bits per heavy atom. The maximum absolute atomic E-state index is 13.1. The Kier molecular flexibility index (Phi) is 4.73. The van der Waals surface area contributed by atoms with Crippen LogP contribution in [0.25, 0.3) is 0 Å². The second kappa shape index (κ2) is 7.28. The maximum Gasteiger partial charge on any atom is 0.296 e. The number of benzene rings is 1. The predicted molar refractivity (Wildman–Crippen MR) is 113 cm³/mol. The molecule has 1 spiro atoms. The van der Waals surface area contributed by atoms with Gasteiger partial charge in [0.1, 0.15) is 0 Å². The van der Waals surface area contributed by atoms with Crippen LogP contribution in [-0.2, 0) is 5.41 Å².